The molecule has 2 aromatic heterocycles. The van der Waals surface area contributed by atoms with Gasteiger partial charge in [0, 0.05) is 28.8 Å². The van der Waals surface area contributed by atoms with Crippen molar-refractivity contribution in [2.45, 2.75) is 13.3 Å². The van der Waals surface area contributed by atoms with Crippen LogP contribution in [0.2, 0.25) is 0 Å². The zero-order chi connectivity index (χ0) is 34.1. The molecule has 9 rings (SSSR count). The minimum absolute atomic E-state index is 0.705. The third-order valence-electron chi connectivity index (χ3n) is 9.55. The predicted octanol–water partition coefficient (Wildman–Crippen LogP) is 11.9. The van der Waals surface area contributed by atoms with E-state index < -0.39 is 0 Å². The second-order valence-corrected chi connectivity index (χ2v) is 12.8. The van der Waals surface area contributed by atoms with Crippen LogP contribution in [0.5, 0.6) is 0 Å². The van der Waals surface area contributed by atoms with Crippen molar-refractivity contribution in [2.75, 3.05) is 0 Å². The molecule has 7 aromatic carbocycles. The number of rotatable bonds is 7. The average Bonchev–Trinajstić information content (AvgIpc) is 3.60. The van der Waals surface area contributed by atoms with Crippen molar-refractivity contribution in [3.8, 4) is 61.8 Å². The maximum absolute atomic E-state index is 5.20. The van der Waals surface area contributed by atoms with Crippen molar-refractivity contribution in [1.29, 1.82) is 0 Å². The molecule has 51 heavy (non-hydrogen) atoms. The van der Waals surface area contributed by atoms with E-state index in [1.54, 1.807) is 0 Å². The van der Waals surface area contributed by atoms with Gasteiger partial charge in [0.15, 0.2) is 5.82 Å². The summed E-state index contributed by atoms with van der Waals surface area (Å²) >= 11 is 0. The van der Waals surface area contributed by atoms with Crippen molar-refractivity contribution in [3.63, 3.8) is 0 Å². The van der Waals surface area contributed by atoms with Crippen LogP contribution in [0.3, 0.4) is 0 Å². The Morgan fingerprint density at radius 2 is 1.04 bits per heavy atom. The monoisotopic (exact) mass is 654 g/mol. The third-order valence-corrected chi connectivity index (χ3v) is 9.55. The number of benzene rings is 7. The molecule has 242 valence electrons. The SMILES string of the molecule is CCc1nc2ccccc2n1-c1cccc(-c2cccc(-c3cc(-c4nc(-c5ccccc5)cc(-c5ccccc5)n4)c4ccccc4c3)c2)c1. The van der Waals surface area contributed by atoms with Gasteiger partial charge in [-0.1, -0.05) is 134 Å². The van der Waals surface area contributed by atoms with E-state index in [4.69, 9.17) is 15.0 Å². The molecule has 0 unspecified atom stereocenters. The van der Waals surface area contributed by atoms with E-state index in [2.05, 4.69) is 169 Å². The van der Waals surface area contributed by atoms with E-state index in [-0.39, 0.29) is 0 Å². The molecule has 0 aliphatic heterocycles. The van der Waals surface area contributed by atoms with Gasteiger partial charge in [-0.3, -0.25) is 4.57 Å². The summed E-state index contributed by atoms with van der Waals surface area (Å²) in [4.78, 5) is 15.3. The highest BCUT2D eigenvalue weighted by Crippen LogP contribution is 2.37. The lowest BCUT2D eigenvalue weighted by molar-refractivity contribution is 0.908. The van der Waals surface area contributed by atoms with Gasteiger partial charge in [-0.05, 0) is 81.6 Å². The first-order valence-corrected chi connectivity index (χ1v) is 17.4. The lowest BCUT2D eigenvalue weighted by Crippen LogP contribution is -2.00. The van der Waals surface area contributed by atoms with Gasteiger partial charge in [0.1, 0.15) is 5.82 Å². The third kappa shape index (κ3) is 5.77. The number of aryl methyl sites for hydroxylation is 1. The van der Waals surface area contributed by atoms with E-state index in [9.17, 15) is 0 Å². The Bertz CT molecular complexity index is 2620. The molecule has 0 saturated heterocycles. The van der Waals surface area contributed by atoms with E-state index in [1.807, 2.05) is 18.2 Å². The van der Waals surface area contributed by atoms with Gasteiger partial charge in [-0.25, -0.2) is 15.0 Å². The van der Waals surface area contributed by atoms with Crippen LogP contribution >= 0.6 is 0 Å². The van der Waals surface area contributed by atoms with Crippen LogP contribution in [0.1, 0.15) is 12.7 Å². The number of hydrogen-bond acceptors (Lipinski definition) is 3. The standard InChI is InChI=1S/C47H34N4/c1-2-46-48-42-25-11-12-26-45(42)51(46)39-23-14-22-36(29-39)34-20-13-21-35(27-34)38-28-37-19-9-10-24-40(37)41(30-38)47-49-43(32-15-5-3-6-16-32)31-44(50-47)33-17-7-4-8-18-33/h3-31H,2H2,1H3. The van der Waals surface area contributed by atoms with Gasteiger partial charge >= 0.3 is 0 Å². The Labute approximate surface area is 297 Å². The highest BCUT2D eigenvalue weighted by Gasteiger charge is 2.16. The molecular formula is C47H34N4. The van der Waals surface area contributed by atoms with Crippen LogP contribution in [-0.2, 0) is 6.42 Å². The molecule has 0 aliphatic rings. The smallest absolute Gasteiger partial charge is 0.161 e. The molecule has 9 aromatic rings. The van der Waals surface area contributed by atoms with Crippen molar-refractivity contribution >= 4 is 21.8 Å². The fraction of sp³-hybridized carbons (Fsp3) is 0.0426. The second kappa shape index (κ2) is 13.0. The van der Waals surface area contributed by atoms with Crippen molar-refractivity contribution in [3.05, 3.63) is 182 Å². The van der Waals surface area contributed by atoms with Crippen LogP contribution in [0.25, 0.3) is 83.6 Å². The molecule has 0 aliphatic carbocycles. The Morgan fingerprint density at radius 1 is 0.451 bits per heavy atom. The fourth-order valence-electron chi connectivity index (χ4n) is 7.05. The van der Waals surface area contributed by atoms with Crippen LogP contribution in [0.15, 0.2) is 176 Å². The van der Waals surface area contributed by atoms with Gasteiger partial charge < -0.3 is 0 Å². The lowest BCUT2D eigenvalue weighted by Gasteiger charge is -2.14. The van der Waals surface area contributed by atoms with Gasteiger partial charge in [0.25, 0.3) is 0 Å². The molecule has 0 atom stereocenters. The normalized spacial score (nSPS) is 11.3. The molecule has 0 fully saturated rings. The van der Waals surface area contributed by atoms with Crippen LogP contribution in [-0.4, -0.2) is 19.5 Å². The largest absolute Gasteiger partial charge is 0.296 e. The molecule has 4 heteroatoms. The van der Waals surface area contributed by atoms with E-state index in [0.717, 1.165) is 90.1 Å². The van der Waals surface area contributed by atoms with E-state index in [1.165, 1.54) is 0 Å². The number of nitrogens with zero attached hydrogens (tertiary/aromatic N) is 4. The molecule has 0 radical (unpaired) electrons. The first-order valence-electron chi connectivity index (χ1n) is 17.4. The maximum Gasteiger partial charge on any atom is 0.161 e. The number of hydrogen-bond donors (Lipinski definition) is 0. The topological polar surface area (TPSA) is 43.6 Å². The van der Waals surface area contributed by atoms with Crippen LogP contribution < -0.4 is 0 Å². The van der Waals surface area contributed by atoms with Gasteiger partial charge in [-0.2, -0.15) is 0 Å². The first-order chi connectivity index (χ1) is 25.2. The zero-order valence-electron chi connectivity index (χ0n) is 28.2. The number of fused-ring (bicyclic) bond motifs is 2. The summed E-state index contributed by atoms with van der Waals surface area (Å²) in [5, 5.41) is 2.26. The summed E-state index contributed by atoms with van der Waals surface area (Å²) in [6, 6.07) is 61.8. The molecule has 4 nitrogen and oxygen atoms in total. The highest BCUT2D eigenvalue weighted by molar-refractivity contribution is 5.99. The quantitative estimate of drug-likeness (QED) is 0.172. The average molecular weight is 655 g/mol. The van der Waals surface area contributed by atoms with Gasteiger partial charge in [0.2, 0.25) is 0 Å². The first kappa shape index (κ1) is 30.4. The van der Waals surface area contributed by atoms with E-state index in [0.29, 0.717) is 5.82 Å². The Balaban J connectivity index is 1.18. The number of aromatic nitrogens is 4. The molecule has 2 heterocycles. The Kier molecular flexibility index (Phi) is 7.75. The molecular weight excluding hydrogens is 621 g/mol. The minimum Gasteiger partial charge on any atom is -0.296 e. The Morgan fingerprint density at radius 3 is 1.76 bits per heavy atom. The molecule has 0 amide bonds. The van der Waals surface area contributed by atoms with Crippen LogP contribution in [0.4, 0.5) is 0 Å². The summed E-state index contributed by atoms with van der Waals surface area (Å²) in [5.74, 6) is 1.76. The van der Waals surface area contributed by atoms with Gasteiger partial charge in [-0.15, -0.1) is 0 Å². The van der Waals surface area contributed by atoms with E-state index >= 15 is 0 Å². The summed E-state index contributed by atoms with van der Waals surface area (Å²) in [6.45, 7) is 2.16. The number of imidazole rings is 1. The predicted molar refractivity (Wildman–Crippen MR) is 211 cm³/mol. The van der Waals surface area contributed by atoms with Crippen molar-refractivity contribution in [1.82, 2.24) is 19.5 Å². The summed E-state index contributed by atoms with van der Waals surface area (Å²) in [5.41, 5.74) is 12.7. The molecule has 0 saturated carbocycles. The zero-order valence-corrected chi connectivity index (χ0v) is 28.2. The minimum atomic E-state index is 0.705. The summed E-state index contributed by atoms with van der Waals surface area (Å²) in [6.07, 6.45) is 0.851. The maximum atomic E-state index is 5.20. The highest BCUT2D eigenvalue weighted by atomic mass is 15.1. The number of para-hydroxylation sites is 2. The molecule has 0 bridgehead atoms. The van der Waals surface area contributed by atoms with Crippen molar-refractivity contribution < 1.29 is 0 Å². The Hall–Kier alpha value is -6.65. The fourth-order valence-corrected chi connectivity index (χ4v) is 7.05. The second-order valence-electron chi connectivity index (χ2n) is 12.8. The molecule has 0 spiro atoms. The molecule has 0 N–H and O–H groups in total. The lowest BCUT2D eigenvalue weighted by atomic mass is 9.94. The van der Waals surface area contributed by atoms with Gasteiger partial charge in [0.05, 0.1) is 22.4 Å². The van der Waals surface area contributed by atoms with Crippen LogP contribution in [0, 0.1) is 0 Å². The summed E-state index contributed by atoms with van der Waals surface area (Å²) in [7, 11) is 0. The summed E-state index contributed by atoms with van der Waals surface area (Å²) < 4.78 is 2.28. The van der Waals surface area contributed by atoms with Crippen molar-refractivity contribution in [2.24, 2.45) is 0 Å².